The molecule has 15 heavy (non-hydrogen) atoms. The van der Waals surface area contributed by atoms with Crippen molar-refractivity contribution in [3.63, 3.8) is 0 Å². The monoisotopic (exact) mass is 202 g/mol. The summed E-state index contributed by atoms with van der Waals surface area (Å²) in [5, 5.41) is 0. The summed E-state index contributed by atoms with van der Waals surface area (Å²) >= 11 is 0. The van der Waals surface area contributed by atoms with E-state index in [1.54, 1.807) is 12.1 Å². The van der Waals surface area contributed by atoms with Gasteiger partial charge in [0.1, 0.15) is 0 Å². The third kappa shape index (κ3) is 2.85. The van der Waals surface area contributed by atoms with Gasteiger partial charge >= 0.3 is 5.97 Å². The first kappa shape index (κ1) is 11.3. The molecular weight excluding hydrogens is 188 g/mol. The molecule has 0 amide bonds. The van der Waals surface area contributed by atoms with Crippen LogP contribution in [-0.2, 0) is 4.74 Å². The van der Waals surface area contributed by atoms with Gasteiger partial charge in [-0.2, -0.15) is 0 Å². The molecule has 1 unspecified atom stereocenters. The SMILES string of the molecule is C#CCC(C)c1ccc(C(=O)OC)cc1. The lowest BCUT2D eigenvalue weighted by Crippen LogP contribution is -2.01. The number of carbonyl (C=O) groups excluding carboxylic acids is 1. The van der Waals surface area contributed by atoms with Crippen molar-refractivity contribution in [2.75, 3.05) is 7.11 Å². The minimum Gasteiger partial charge on any atom is -0.465 e. The molecule has 0 spiro atoms. The van der Waals surface area contributed by atoms with Crippen LogP contribution in [0.5, 0.6) is 0 Å². The Kier molecular flexibility index (Phi) is 3.93. The zero-order valence-electron chi connectivity index (χ0n) is 8.99. The Morgan fingerprint density at radius 2 is 2.07 bits per heavy atom. The molecule has 0 fully saturated rings. The Labute approximate surface area is 90.3 Å². The van der Waals surface area contributed by atoms with E-state index in [-0.39, 0.29) is 5.97 Å². The number of methoxy groups -OCH3 is 1. The molecule has 0 radical (unpaired) electrons. The predicted octanol–water partition coefficient (Wildman–Crippen LogP) is 2.60. The van der Waals surface area contributed by atoms with Crippen molar-refractivity contribution in [1.82, 2.24) is 0 Å². The zero-order chi connectivity index (χ0) is 11.3. The van der Waals surface area contributed by atoms with E-state index < -0.39 is 0 Å². The van der Waals surface area contributed by atoms with E-state index in [0.29, 0.717) is 17.9 Å². The fourth-order valence-electron chi connectivity index (χ4n) is 1.36. The van der Waals surface area contributed by atoms with E-state index in [9.17, 15) is 4.79 Å². The number of terminal acetylenes is 1. The molecule has 1 aromatic carbocycles. The van der Waals surface area contributed by atoms with Crippen molar-refractivity contribution in [3.8, 4) is 12.3 Å². The Morgan fingerprint density at radius 1 is 1.47 bits per heavy atom. The number of benzene rings is 1. The lowest BCUT2D eigenvalue weighted by Gasteiger charge is -2.08. The number of esters is 1. The van der Waals surface area contributed by atoms with E-state index in [1.165, 1.54) is 7.11 Å². The Balaban J connectivity index is 2.81. The Morgan fingerprint density at radius 3 is 2.53 bits per heavy atom. The van der Waals surface area contributed by atoms with Crippen LogP contribution in [0.25, 0.3) is 0 Å². The fourth-order valence-corrected chi connectivity index (χ4v) is 1.36. The van der Waals surface area contributed by atoms with Crippen LogP contribution < -0.4 is 0 Å². The largest absolute Gasteiger partial charge is 0.465 e. The predicted molar refractivity (Wildman–Crippen MR) is 59.6 cm³/mol. The van der Waals surface area contributed by atoms with Crippen LogP contribution in [0.15, 0.2) is 24.3 Å². The van der Waals surface area contributed by atoms with Gasteiger partial charge in [0.05, 0.1) is 12.7 Å². The van der Waals surface area contributed by atoms with Crippen LogP contribution in [0, 0.1) is 12.3 Å². The van der Waals surface area contributed by atoms with Gasteiger partial charge in [0.25, 0.3) is 0 Å². The lowest BCUT2D eigenvalue weighted by atomic mass is 9.97. The van der Waals surface area contributed by atoms with Crippen LogP contribution in [-0.4, -0.2) is 13.1 Å². The maximum absolute atomic E-state index is 11.2. The second-order valence-electron chi connectivity index (χ2n) is 3.42. The highest BCUT2D eigenvalue weighted by atomic mass is 16.5. The summed E-state index contributed by atoms with van der Waals surface area (Å²) < 4.78 is 4.61. The quantitative estimate of drug-likeness (QED) is 0.556. The Hall–Kier alpha value is -1.75. The summed E-state index contributed by atoms with van der Waals surface area (Å²) in [5.41, 5.74) is 1.70. The normalized spacial score (nSPS) is 11.5. The molecule has 0 saturated carbocycles. The van der Waals surface area contributed by atoms with Crippen molar-refractivity contribution in [1.29, 1.82) is 0 Å². The van der Waals surface area contributed by atoms with Gasteiger partial charge < -0.3 is 4.74 Å². The second kappa shape index (κ2) is 5.21. The topological polar surface area (TPSA) is 26.3 Å². The third-order valence-electron chi connectivity index (χ3n) is 2.32. The van der Waals surface area contributed by atoms with Crippen LogP contribution >= 0.6 is 0 Å². The molecular formula is C13H14O2. The van der Waals surface area contributed by atoms with E-state index in [4.69, 9.17) is 6.42 Å². The van der Waals surface area contributed by atoms with Crippen LogP contribution in [0.3, 0.4) is 0 Å². The molecule has 0 aromatic heterocycles. The van der Waals surface area contributed by atoms with E-state index in [1.807, 2.05) is 12.1 Å². The maximum Gasteiger partial charge on any atom is 0.337 e. The van der Waals surface area contributed by atoms with Crippen molar-refractivity contribution < 1.29 is 9.53 Å². The zero-order valence-corrected chi connectivity index (χ0v) is 8.99. The summed E-state index contributed by atoms with van der Waals surface area (Å²) in [4.78, 5) is 11.2. The van der Waals surface area contributed by atoms with Crippen molar-refractivity contribution in [3.05, 3.63) is 35.4 Å². The van der Waals surface area contributed by atoms with Crippen LogP contribution in [0.4, 0.5) is 0 Å². The molecule has 0 N–H and O–H groups in total. The molecule has 2 heteroatoms. The van der Waals surface area contributed by atoms with Crippen molar-refractivity contribution in [2.24, 2.45) is 0 Å². The molecule has 0 aliphatic rings. The van der Waals surface area contributed by atoms with Crippen molar-refractivity contribution in [2.45, 2.75) is 19.3 Å². The standard InChI is InChI=1S/C13H14O2/c1-4-5-10(2)11-6-8-12(9-7-11)13(14)15-3/h1,6-10H,5H2,2-3H3. The summed E-state index contributed by atoms with van der Waals surface area (Å²) in [7, 11) is 1.37. The molecule has 0 aliphatic carbocycles. The highest BCUT2D eigenvalue weighted by Crippen LogP contribution is 2.18. The first-order valence-corrected chi connectivity index (χ1v) is 4.80. The number of ether oxygens (including phenoxy) is 1. The first-order chi connectivity index (χ1) is 7.19. The Bertz CT molecular complexity index is 371. The van der Waals surface area contributed by atoms with E-state index >= 15 is 0 Å². The van der Waals surface area contributed by atoms with Crippen molar-refractivity contribution >= 4 is 5.97 Å². The van der Waals surface area contributed by atoms with Gasteiger partial charge in [-0.25, -0.2) is 4.79 Å². The minimum absolute atomic E-state index is 0.314. The second-order valence-corrected chi connectivity index (χ2v) is 3.42. The highest BCUT2D eigenvalue weighted by molar-refractivity contribution is 5.89. The lowest BCUT2D eigenvalue weighted by molar-refractivity contribution is 0.0600. The van der Waals surface area contributed by atoms with Crippen LogP contribution in [0.1, 0.15) is 35.2 Å². The van der Waals surface area contributed by atoms with E-state index in [2.05, 4.69) is 17.6 Å². The first-order valence-electron chi connectivity index (χ1n) is 4.80. The summed E-state index contributed by atoms with van der Waals surface area (Å²) in [6.07, 6.45) is 5.95. The van der Waals surface area contributed by atoms with Gasteiger partial charge in [-0.3, -0.25) is 0 Å². The van der Waals surface area contributed by atoms with Gasteiger partial charge in [0, 0.05) is 6.42 Å². The fraction of sp³-hybridized carbons (Fsp3) is 0.308. The molecule has 0 aliphatic heterocycles. The number of hydrogen-bond donors (Lipinski definition) is 0. The maximum atomic E-state index is 11.2. The summed E-state index contributed by atoms with van der Waals surface area (Å²) in [6.45, 7) is 2.06. The van der Waals surface area contributed by atoms with Gasteiger partial charge in [-0.05, 0) is 23.6 Å². The molecule has 1 rings (SSSR count). The smallest absolute Gasteiger partial charge is 0.337 e. The number of carbonyl (C=O) groups is 1. The molecule has 78 valence electrons. The molecule has 1 aromatic rings. The van der Waals surface area contributed by atoms with Gasteiger partial charge in [-0.1, -0.05) is 19.1 Å². The molecule has 0 bridgehead atoms. The average Bonchev–Trinajstić information content (AvgIpc) is 2.28. The number of rotatable bonds is 3. The average molecular weight is 202 g/mol. The van der Waals surface area contributed by atoms with Gasteiger partial charge in [0.15, 0.2) is 0 Å². The molecule has 2 nitrogen and oxygen atoms in total. The van der Waals surface area contributed by atoms with Gasteiger partial charge in [-0.15, -0.1) is 12.3 Å². The minimum atomic E-state index is -0.314. The summed E-state index contributed by atoms with van der Waals surface area (Å²) in [5.74, 6) is 2.63. The highest BCUT2D eigenvalue weighted by Gasteiger charge is 2.07. The van der Waals surface area contributed by atoms with Gasteiger partial charge in [0.2, 0.25) is 0 Å². The van der Waals surface area contributed by atoms with E-state index in [0.717, 1.165) is 5.56 Å². The number of hydrogen-bond acceptors (Lipinski definition) is 2. The van der Waals surface area contributed by atoms with Crippen LogP contribution in [0.2, 0.25) is 0 Å². The molecule has 1 atom stereocenters. The molecule has 0 saturated heterocycles. The third-order valence-corrected chi connectivity index (χ3v) is 2.32. The summed E-state index contributed by atoms with van der Waals surface area (Å²) in [6, 6.07) is 7.34. The molecule has 0 heterocycles.